The predicted octanol–water partition coefficient (Wildman–Crippen LogP) is 2.61. The standard InChI is InChI=1S/C21H25N3O/c1-15-5-4-9-22-20(15)21(25)23-13-16-8-10-24(14-16)19-11-17-6-2-3-7-18(17)12-19/h2-7,9,16,19H,8,10-14H2,1H3,(H,23,25)/t16-/m0/s1. The van der Waals surface area contributed by atoms with Crippen LogP contribution in [0.5, 0.6) is 0 Å². The molecule has 4 heteroatoms. The summed E-state index contributed by atoms with van der Waals surface area (Å²) in [5, 5.41) is 3.08. The summed E-state index contributed by atoms with van der Waals surface area (Å²) < 4.78 is 0. The summed E-state index contributed by atoms with van der Waals surface area (Å²) in [5.41, 5.74) is 4.49. The van der Waals surface area contributed by atoms with Gasteiger partial charge in [0.25, 0.3) is 5.91 Å². The fourth-order valence-electron chi connectivity index (χ4n) is 4.20. The molecule has 1 aromatic heterocycles. The lowest BCUT2D eigenvalue weighted by Gasteiger charge is -2.23. The normalized spacial score (nSPS) is 20.6. The third-order valence-corrected chi connectivity index (χ3v) is 5.64. The minimum atomic E-state index is -0.0511. The first kappa shape index (κ1) is 16.3. The van der Waals surface area contributed by atoms with Crippen molar-refractivity contribution in [2.45, 2.75) is 32.2 Å². The molecule has 1 N–H and O–H groups in total. The van der Waals surface area contributed by atoms with Gasteiger partial charge in [0.1, 0.15) is 5.69 Å². The van der Waals surface area contributed by atoms with E-state index in [0.717, 1.165) is 31.6 Å². The number of rotatable bonds is 4. The highest BCUT2D eigenvalue weighted by Gasteiger charge is 2.32. The van der Waals surface area contributed by atoms with Crippen LogP contribution in [0.4, 0.5) is 0 Å². The summed E-state index contributed by atoms with van der Waals surface area (Å²) in [5.74, 6) is 0.488. The number of pyridine rings is 1. The first-order valence-electron chi connectivity index (χ1n) is 9.21. The maximum Gasteiger partial charge on any atom is 0.270 e. The van der Waals surface area contributed by atoms with Crippen molar-refractivity contribution in [2.24, 2.45) is 5.92 Å². The number of aromatic nitrogens is 1. The van der Waals surface area contributed by atoms with E-state index in [9.17, 15) is 4.79 Å². The molecule has 1 amide bonds. The van der Waals surface area contributed by atoms with Gasteiger partial charge in [0.15, 0.2) is 0 Å². The van der Waals surface area contributed by atoms with E-state index in [2.05, 4.69) is 39.5 Å². The van der Waals surface area contributed by atoms with Gasteiger partial charge >= 0.3 is 0 Å². The summed E-state index contributed by atoms with van der Waals surface area (Å²) in [6, 6.07) is 13.2. The highest BCUT2D eigenvalue weighted by Crippen LogP contribution is 2.29. The second-order valence-corrected chi connectivity index (χ2v) is 7.36. The topological polar surface area (TPSA) is 45.2 Å². The van der Waals surface area contributed by atoms with Crippen LogP contribution in [0.2, 0.25) is 0 Å². The van der Waals surface area contributed by atoms with Crippen molar-refractivity contribution in [3.05, 3.63) is 65.0 Å². The Kier molecular flexibility index (Phi) is 4.53. The molecule has 1 atom stereocenters. The molecule has 4 nitrogen and oxygen atoms in total. The van der Waals surface area contributed by atoms with Gasteiger partial charge in [0.2, 0.25) is 0 Å². The van der Waals surface area contributed by atoms with Gasteiger partial charge in [0.05, 0.1) is 0 Å². The van der Waals surface area contributed by atoms with Gasteiger partial charge in [-0.05, 0) is 61.4 Å². The summed E-state index contributed by atoms with van der Waals surface area (Å²) >= 11 is 0. The van der Waals surface area contributed by atoms with E-state index in [0.29, 0.717) is 17.7 Å². The van der Waals surface area contributed by atoms with Gasteiger partial charge in [0, 0.05) is 25.3 Å². The van der Waals surface area contributed by atoms with Crippen LogP contribution in [0.15, 0.2) is 42.6 Å². The zero-order valence-corrected chi connectivity index (χ0v) is 14.7. The zero-order valence-electron chi connectivity index (χ0n) is 14.7. The summed E-state index contributed by atoms with van der Waals surface area (Å²) in [7, 11) is 0. The Balaban J connectivity index is 1.29. The Labute approximate surface area is 149 Å². The molecular weight excluding hydrogens is 310 g/mol. The first-order valence-corrected chi connectivity index (χ1v) is 9.21. The third-order valence-electron chi connectivity index (χ3n) is 5.64. The van der Waals surface area contributed by atoms with E-state index in [1.54, 1.807) is 6.20 Å². The monoisotopic (exact) mass is 335 g/mol. The van der Waals surface area contributed by atoms with Crippen molar-refractivity contribution in [1.82, 2.24) is 15.2 Å². The number of hydrogen-bond acceptors (Lipinski definition) is 3. The number of fused-ring (bicyclic) bond motifs is 1. The molecule has 2 heterocycles. The SMILES string of the molecule is Cc1cccnc1C(=O)NC[C@@H]1CCN(C2Cc3ccccc3C2)C1. The molecule has 1 aliphatic heterocycles. The fraction of sp³-hybridized carbons (Fsp3) is 0.429. The van der Waals surface area contributed by atoms with Crippen LogP contribution in [0, 0.1) is 12.8 Å². The van der Waals surface area contributed by atoms with Crippen LogP contribution in [-0.4, -0.2) is 41.5 Å². The second kappa shape index (κ2) is 6.96. The van der Waals surface area contributed by atoms with Crippen LogP contribution in [0.3, 0.4) is 0 Å². The van der Waals surface area contributed by atoms with Crippen LogP contribution in [0.1, 0.15) is 33.6 Å². The van der Waals surface area contributed by atoms with Crippen LogP contribution in [-0.2, 0) is 12.8 Å². The van der Waals surface area contributed by atoms with Crippen molar-refractivity contribution in [2.75, 3.05) is 19.6 Å². The molecule has 1 fully saturated rings. The van der Waals surface area contributed by atoms with Crippen LogP contribution < -0.4 is 5.32 Å². The average Bonchev–Trinajstić information content (AvgIpc) is 3.26. The molecule has 4 rings (SSSR count). The van der Waals surface area contributed by atoms with Crippen molar-refractivity contribution in [3.8, 4) is 0 Å². The minimum absolute atomic E-state index is 0.0511. The Morgan fingerprint density at radius 3 is 2.68 bits per heavy atom. The third kappa shape index (κ3) is 3.45. The largest absolute Gasteiger partial charge is 0.350 e. The number of hydrogen-bond donors (Lipinski definition) is 1. The van der Waals surface area contributed by atoms with E-state index >= 15 is 0 Å². The number of carbonyl (C=O) groups excluding carboxylic acids is 1. The molecule has 0 spiro atoms. The van der Waals surface area contributed by atoms with Crippen LogP contribution in [0.25, 0.3) is 0 Å². The second-order valence-electron chi connectivity index (χ2n) is 7.36. The quantitative estimate of drug-likeness (QED) is 0.934. The molecule has 2 aromatic rings. The van der Waals surface area contributed by atoms with Gasteiger partial charge < -0.3 is 5.32 Å². The predicted molar refractivity (Wildman–Crippen MR) is 98.6 cm³/mol. The van der Waals surface area contributed by atoms with Crippen molar-refractivity contribution < 1.29 is 4.79 Å². The zero-order chi connectivity index (χ0) is 17.2. The molecule has 0 bridgehead atoms. The number of carbonyl (C=O) groups is 1. The Bertz CT molecular complexity index is 748. The fourth-order valence-corrected chi connectivity index (χ4v) is 4.20. The molecule has 0 unspecified atom stereocenters. The van der Waals surface area contributed by atoms with Gasteiger partial charge in [-0.25, -0.2) is 0 Å². The van der Waals surface area contributed by atoms with Gasteiger partial charge in [-0.15, -0.1) is 0 Å². The van der Waals surface area contributed by atoms with E-state index in [1.165, 1.54) is 24.0 Å². The lowest BCUT2D eigenvalue weighted by molar-refractivity contribution is 0.0941. The lowest BCUT2D eigenvalue weighted by Crippen LogP contribution is -2.36. The summed E-state index contributed by atoms with van der Waals surface area (Å²) in [6.07, 6.45) is 5.18. The molecule has 1 saturated heterocycles. The van der Waals surface area contributed by atoms with E-state index < -0.39 is 0 Å². The van der Waals surface area contributed by atoms with Gasteiger partial charge in [-0.3, -0.25) is 14.7 Å². The number of aryl methyl sites for hydroxylation is 1. The summed E-state index contributed by atoms with van der Waals surface area (Å²) in [4.78, 5) is 19.1. The van der Waals surface area contributed by atoms with Crippen molar-refractivity contribution >= 4 is 5.91 Å². The lowest BCUT2D eigenvalue weighted by atomic mass is 10.1. The number of benzene rings is 1. The van der Waals surface area contributed by atoms with Gasteiger partial charge in [-0.2, -0.15) is 0 Å². The van der Waals surface area contributed by atoms with E-state index in [4.69, 9.17) is 0 Å². The Morgan fingerprint density at radius 1 is 1.20 bits per heavy atom. The highest BCUT2D eigenvalue weighted by molar-refractivity contribution is 5.93. The minimum Gasteiger partial charge on any atom is -0.350 e. The van der Waals surface area contributed by atoms with Crippen molar-refractivity contribution in [1.29, 1.82) is 0 Å². The number of nitrogens with one attached hydrogen (secondary N) is 1. The molecule has 0 saturated carbocycles. The molecule has 1 aromatic carbocycles. The highest BCUT2D eigenvalue weighted by atomic mass is 16.1. The number of nitrogens with zero attached hydrogens (tertiary/aromatic N) is 2. The van der Waals surface area contributed by atoms with Crippen LogP contribution >= 0.6 is 0 Å². The van der Waals surface area contributed by atoms with E-state index in [-0.39, 0.29) is 5.91 Å². The molecule has 0 radical (unpaired) electrons. The maximum absolute atomic E-state index is 12.3. The molecular formula is C21H25N3O. The van der Waals surface area contributed by atoms with E-state index in [1.807, 2.05) is 19.1 Å². The Hall–Kier alpha value is -2.20. The molecule has 25 heavy (non-hydrogen) atoms. The molecule has 2 aliphatic rings. The van der Waals surface area contributed by atoms with Crippen molar-refractivity contribution in [3.63, 3.8) is 0 Å². The Morgan fingerprint density at radius 2 is 1.96 bits per heavy atom. The number of amides is 1. The molecule has 1 aliphatic carbocycles. The summed E-state index contributed by atoms with van der Waals surface area (Å²) in [6.45, 7) is 4.89. The average molecular weight is 335 g/mol. The molecule has 130 valence electrons. The maximum atomic E-state index is 12.3. The smallest absolute Gasteiger partial charge is 0.270 e. The number of likely N-dealkylation sites (tertiary alicyclic amines) is 1. The van der Waals surface area contributed by atoms with Gasteiger partial charge in [-0.1, -0.05) is 30.3 Å². The first-order chi connectivity index (χ1) is 12.2.